The van der Waals surface area contributed by atoms with E-state index < -0.39 is 0 Å². The average molecular weight is 165 g/mol. The molecule has 0 heterocycles. The van der Waals surface area contributed by atoms with Crippen molar-refractivity contribution in [3.05, 3.63) is 0 Å². The Morgan fingerprint density at radius 1 is 1.42 bits per heavy atom. The molecular weight excluding hydrogens is 146 g/mol. The minimum atomic E-state index is 0.634. The lowest BCUT2D eigenvalue weighted by atomic mass is 9.67. The molecule has 1 aliphatic carbocycles. The molecule has 1 fully saturated rings. The Labute approximate surface area is 75.9 Å². The van der Waals surface area contributed by atoms with Gasteiger partial charge in [-0.1, -0.05) is 19.3 Å². The van der Waals surface area contributed by atoms with Gasteiger partial charge in [0.2, 0.25) is 0 Å². The second-order valence-corrected chi connectivity index (χ2v) is 3.74. The first kappa shape index (κ1) is 9.61. The van der Waals surface area contributed by atoms with Gasteiger partial charge in [-0.05, 0) is 31.6 Å². The molecule has 0 spiro atoms. The van der Waals surface area contributed by atoms with Crippen LogP contribution in [0.1, 0.15) is 39.5 Å². The highest BCUT2D eigenvalue weighted by Crippen LogP contribution is 2.42. The van der Waals surface area contributed by atoms with Crippen LogP contribution in [0.2, 0.25) is 0 Å². The minimum Gasteiger partial charge on any atom is -0.306 e. The third kappa shape index (κ3) is 2.25. The van der Waals surface area contributed by atoms with Gasteiger partial charge in [-0.15, -0.1) is 5.92 Å². The highest BCUT2D eigenvalue weighted by molar-refractivity contribution is 4.98. The molecule has 0 radical (unpaired) electrons. The van der Waals surface area contributed by atoms with E-state index in [-0.39, 0.29) is 0 Å². The largest absolute Gasteiger partial charge is 0.306 e. The van der Waals surface area contributed by atoms with Crippen molar-refractivity contribution in [1.29, 1.82) is 0 Å². The molecule has 0 atom stereocenters. The first-order valence-electron chi connectivity index (χ1n) is 4.93. The lowest BCUT2D eigenvalue weighted by Crippen LogP contribution is -2.39. The van der Waals surface area contributed by atoms with Crippen LogP contribution in [-0.4, -0.2) is 13.1 Å². The van der Waals surface area contributed by atoms with Crippen molar-refractivity contribution in [2.75, 3.05) is 13.1 Å². The van der Waals surface area contributed by atoms with Crippen LogP contribution in [-0.2, 0) is 0 Å². The van der Waals surface area contributed by atoms with Crippen LogP contribution in [0.25, 0.3) is 0 Å². The molecule has 0 aromatic heterocycles. The minimum absolute atomic E-state index is 0.634. The summed E-state index contributed by atoms with van der Waals surface area (Å²) in [7, 11) is 0. The second kappa shape index (κ2) is 4.52. The molecule has 1 heteroatoms. The predicted octanol–water partition coefficient (Wildman–Crippen LogP) is 2.18. The van der Waals surface area contributed by atoms with E-state index in [4.69, 9.17) is 0 Å². The van der Waals surface area contributed by atoms with Gasteiger partial charge in [0.05, 0.1) is 6.54 Å². The summed E-state index contributed by atoms with van der Waals surface area (Å²) in [5, 5.41) is 3.41. The molecule has 1 nitrogen and oxygen atoms in total. The van der Waals surface area contributed by atoms with Gasteiger partial charge in [-0.25, -0.2) is 0 Å². The van der Waals surface area contributed by atoms with Gasteiger partial charge in [0.15, 0.2) is 0 Å². The number of rotatable bonds is 4. The zero-order chi connectivity index (χ0) is 8.86. The van der Waals surface area contributed by atoms with Crippen LogP contribution in [0.5, 0.6) is 0 Å². The molecule has 1 saturated carbocycles. The Hall–Kier alpha value is -0.480. The molecule has 0 aliphatic heterocycles. The summed E-state index contributed by atoms with van der Waals surface area (Å²) in [6.07, 6.45) is 5.57. The van der Waals surface area contributed by atoms with Crippen molar-refractivity contribution in [3.63, 3.8) is 0 Å². The normalized spacial score (nSPS) is 19.2. The lowest BCUT2D eigenvalue weighted by Gasteiger charge is -2.41. The summed E-state index contributed by atoms with van der Waals surface area (Å²) >= 11 is 0. The maximum absolute atomic E-state index is 3.41. The molecule has 0 unspecified atom stereocenters. The Morgan fingerprint density at radius 2 is 2.17 bits per heavy atom. The molecular formula is C11H19N. The number of nitrogens with one attached hydrogen (secondary N) is 1. The fourth-order valence-electron chi connectivity index (χ4n) is 1.81. The van der Waals surface area contributed by atoms with E-state index in [2.05, 4.69) is 24.1 Å². The van der Waals surface area contributed by atoms with Crippen LogP contribution in [0.15, 0.2) is 0 Å². The smallest absolute Gasteiger partial charge is 0.0576 e. The SMILES string of the molecule is CC#CCNCC1(CC)CCC1. The van der Waals surface area contributed by atoms with Crippen molar-refractivity contribution in [2.45, 2.75) is 39.5 Å². The van der Waals surface area contributed by atoms with Crippen molar-refractivity contribution in [2.24, 2.45) is 5.41 Å². The van der Waals surface area contributed by atoms with Crippen molar-refractivity contribution >= 4 is 0 Å². The molecule has 0 aromatic carbocycles. The fraction of sp³-hybridized carbons (Fsp3) is 0.818. The van der Waals surface area contributed by atoms with Crippen molar-refractivity contribution < 1.29 is 0 Å². The molecule has 1 N–H and O–H groups in total. The van der Waals surface area contributed by atoms with Crippen molar-refractivity contribution in [3.8, 4) is 11.8 Å². The zero-order valence-electron chi connectivity index (χ0n) is 8.24. The summed E-state index contributed by atoms with van der Waals surface area (Å²) in [6.45, 7) is 6.21. The summed E-state index contributed by atoms with van der Waals surface area (Å²) in [6, 6.07) is 0. The van der Waals surface area contributed by atoms with Gasteiger partial charge in [-0.3, -0.25) is 0 Å². The zero-order valence-corrected chi connectivity index (χ0v) is 8.24. The van der Waals surface area contributed by atoms with Crippen LogP contribution in [0.3, 0.4) is 0 Å². The van der Waals surface area contributed by atoms with Crippen LogP contribution in [0.4, 0.5) is 0 Å². The van der Waals surface area contributed by atoms with Gasteiger partial charge >= 0.3 is 0 Å². The first-order valence-corrected chi connectivity index (χ1v) is 4.93. The van der Waals surface area contributed by atoms with E-state index in [1.165, 1.54) is 25.7 Å². The number of hydrogen-bond donors (Lipinski definition) is 1. The van der Waals surface area contributed by atoms with E-state index in [0.717, 1.165) is 13.1 Å². The summed E-state index contributed by atoms with van der Waals surface area (Å²) in [5.74, 6) is 5.93. The molecule has 0 aromatic rings. The third-order valence-corrected chi connectivity index (χ3v) is 3.05. The monoisotopic (exact) mass is 165 g/mol. The standard InChI is InChI=1S/C11H19N/c1-3-5-9-12-10-11(4-2)7-6-8-11/h12H,4,6-10H2,1-2H3. The summed E-state index contributed by atoms with van der Waals surface area (Å²) in [4.78, 5) is 0. The Bertz CT molecular complexity index is 175. The van der Waals surface area contributed by atoms with E-state index in [1.54, 1.807) is 0 Å². The molecule has 0 amide bonds. The third-order valence-electron chi connectivity index (χ3n) is 3.05. The topological polar surface area (TPSA) is 12.0 Å². The van der Waals surface area contributed by atoms with E-state index in [1.807, 2.05) is 6.92 Å². The maximum Gasteiger partial charge on any atom is 0.0576 e. The summed E-state index contributed by atoms with van der Waals surface area (Å²) in [5.41, 5.74) is 0.634. The average Bonchev–Trinajstić information content (AvgIpc) is 2.02. The molecule has 0 saturated heterocycles. The Morgan fingerprint density at radius 3 is 2.58 bits per heavy atom. The van der Waals surface area contributed by atoms with Crippen LogP contribution >= 0.6 is 0 Å². The molecule has 1 rings (SSSR count). The van der Waals surface area contributed by atoms with Crippen LogP contribution < -0.4 is 5.32 Å². The van der Waals surface area contributed by atoms with Crippen LogP contribution in [0, 0.1) is 17.3 Å². The predicted molar refractivity (Wildman–Crippen MR) is 52.9 cm³/mol. The molecule has 1 aliphatic rings. The van der Waals surface area contributed by atoms with E-state index in [0.29, 0.717) is 5.41 Å². The fourth-order valence-corrected chi connectivity index (χ4v) is 1.81. The van der Waals surface area contributed by atoms with E-state index in [9.17, 15) is 0 Å². The Balaban J connectivity index is 2.14. The molecule has 0 bridgehead atoms. The molecule has 12 heavy (non-hydrogen) atoms. The lowest BCUT2D eigenvalue weighted by molar-refractivity contribution is 0.126. The first-order chi connectivity index (χ1) is 5.83. The quantitative estimate of drug-likeness (QED) is 0.497. The maximum atomic E-state index is 3.41. The summed E-state index contributed by atoms with van der Waals surface area (Å²) < 4.78 is 0. The van der Waals surface area contributed by atoms with Gasteiger partial charge in [0.25, 0.3) is 0 Å². The van der Waals surface area contributed by atoms with E-state index >= 15 is 0 Å². The number of hydrogen-bond acceptors (Lipinski definition) is 1. The van der Waals surface area contributed by atoms with Gasteiger partial charge in [0, 0.05) is 6.54 Å². The second-order valence-electron chi connectivity index (χ2n) is 3.74. The van der Waals surface area contributed by atoms with Gasteiger partial charge in [0.1, 0.15) is 0 Å². The Kier molecular flexibility index (Phi) is 3.62. The van der Waals surface area contributed by atoms with Crippen molar-refractivity contribution in [1.82, 2.24) is 5.32 Å². The highest BCUT2D eigenvalue weighted by Gasteiger charge is 2.34. The van der Waals surface area contributed by atoms with Gasteiger partial charge < -0.3 is 5.32 Å². The highest BCUT2D eigenvalue weighted by atomic mass is 14.9. The van der Waals surface area contributed by atoms with Gasteiger partial charge in [-0.2, -0.15) is 0 Å². The molecule has 68 valence electrons.